The third-order valence-corrected chi connectivity index (χ3v) is 3.28. The number of amides is 1. The molecule has 1 aromatic rings. The first-order chi connectivity index (χ1) is 9.97. The van der Waals surface area contributed by atoms with Crippen molar-refractivity contribution in [1.29, 1.82) is 0 Å². The first-order valence-electron chi connectivity index (χ1n) is 7.22. The predicted octanol–water partition coefficient (Wildman–Crippen LogP) is 1.34. The Morgan fingerprint density at radius 1 is 1.29 bits per heavy atom. The average molecular weight is 295 g/mol. The van der Waals surface area contributed by atoms with Crippen molar-refractivity contribution in [1.82, 2.24) is 5.32 Å². The summed E-state index contributed by atoms with van der Waals surface area (Å²) in [6, 6.07) is 9.56. The molecule has 0 heterocycles. The number of ether oxygens (including phenoxy) is 1. The van der Waals surface area contributed by atoms with Gasteiger partial charge in [0.1, 0.15) is 11.9 Å². The molecule has 118 valence electrons. The molecule has 0 saturated carbocycles. The van der Waals surface area contributed by atoms with Gasteiger partial charge < -0.3 is 20.3 Å². The number of rotatable bonds is 9. The zero-order chi connectivity index (χ0) is 15.7. The second kappa shape index (κ2) is 8.64. The molecule has 21 heavy (non-hydrogen) atoms. The Bertz CT molecular complexity index is 420. The summed E-state index contributed by atoms with van der Waals surface area (Å²) in [7, 11) is 0. The monoisotopic (exact) mass is 295 g/mol. The van der Waals surface area contributed by atoms with Crippen molar-refractivity contribution in [3.05, 3.63) is 30.3 Å². The minimum absolute atomic E-state index is 0.244. The van der Waals surface area contributed by atoms with E-state index in [9.17, 15) is 9.90 Å². The Morgan fingerprint density at radius 3 is 2.57 bits per heavy atom. The highest BCUT2D eigenvalue weighted by Gasteiger charge is 2.32. The minimum atomic E-state index is -1.21. The molecule has 0 aliphatic carbocycles. The van der Waals surface area contributed by atoms with Crippen LogP contribution in [0.25, 0.3) is 0 Å². The SMILES string of the molecule is CC(C)(CO)[C@H](O)C(=O)NCCCCOc1ccccc1. The number of carbonyl (C=O) groups is 1. The van der Waals surface area contributed by atoms with Gasteiger partial charge >= 0.3 is 0 Å². The fourth-order valence-corrected chi connectivity index (χ4v) is 1.68. The van der Waals surface area contributed by atoms with E-state index in [0.29, 0.717) is 13.2 Å². The van der Waals surface area contributed by atoms with Gasteiger partial charge in [-0.1, -0.05) is 32.0 Å². The molecule has 0 bridgehead atoms. The van der Waals surface area contributed by atoms with Gasteiger partial charge in [0, 0.05) is 12.0 Å². The molecule has 0 saturated heterocycles. The smallest absolute Gasteiger partial charge is 0.249 e. The number of nitrogens with one attached hydrogen (secondary N) is 1. The Labute approximate surface area is 125 Å². The lowest BCUT2D eigenvalue weighted by molar-refractivity contribution is -0.137. The Hall–Kier alpha value is -1.59. The van der Waals surface area contributed by atoms with Crippen LogP contribution in [0.2, 0.25) is 0 Å². The molecular formula is C16H25NO4. The average Bonchev–Trinajstić information content (AvgIpc) is 2.50. The Balaban J connectivity index is 2.13. The molecule has 1 aromatic carbocycles. The van der Waals surface area contributed by atoms with Gasteiger partial charge in [-0.3, -0.25) is 4.79 Å². The Kier molecular flexibility index (Phi) is 7.19. The van der Waals surface area contributed by atoms with E-state index in [1.165, 1.54) is 0 Å². The summed E-state index contributed by atoms with van der Waals surface area (Å²) >= 11 is 0. The van der Waals surface area contributed by atoms with E-state index in [1.807, 2.05) is 30.3 Å². The zero-order valence-corrected chi connectivity index (χ0v) is 12.7. The van der Waals surface area contributed by atoms with Gasteiger partial charge in [0.25, 0.3) is 0 Å². The second-order valence-electron chi connectivity index (χ2n) is 5.71. The van der Waals surface area contributed by atoms with Gasteiger partial charge in [-0.2, -0.15) is 0 Å². The van der Waals surface area contributed by atoms with E-state index in [0.717, 1.165) is 18.6 Å². The molecule has 1 amide bonds. The number of aliphatic hydroxyl groups is 2. The lowest BCUT2D eigenvalue weighted by atomic mass is 9.87. The number of unbranched alkanes of at least 4 members (excludes halogenated alkanes) is 1. The van der Waals surface area contributed by atoms with Crippen LogP contribution in [-0.2, 0) is 4.79 Å². The molecule has 3 N–H and O–H groups in total. The third-order valence-electron chi connectivity index (χ3n) is 3.28. The van der Waals surface area contributed by atoms with Gasteiger partial charge in [-0.25, -0.2) is 0 Å². The van der Waals surface area contributed by atoms with Crippen molar-refractivity contribution in [3.8, 4) is 5.75 Å². The Morgan fingerprint density at radius 2 is 1.95 bits per heavy atom. The highest BCUT2D eigenvalue weighted by molar-refractivity contribution is 5.81. The molecule has 5 nitrogen and oxygen atoms in total. The van der Waals surface area contributed by atoms with Crippen molar-refractivity contribution in [2.45, 2.75) is 32.8 Å². The van der Waals surface area contributed by atoms with Crippen molar-refractivity contribution in [2.24, 2.45) is 5.41 Å². The highest BCUT2D eigenvalue weighted by atomic mass is 16.5. The number of para-hydroxylation sites is 1. The topological polar surface area (TPSA) is 78.8 Å². The highest BCUT2D eigenvalue weighted by Crippen LogP contribution is 2.19. The number of benzene rings is 1. The summed E-state index contributed by atoms with van der Waals surface area (Å²) < 4.78 is 5.54. The summed E-state index contributed by atoms with van der Waals surface area (Å²) in [6.07, 6.45) is 0.377. The molecule has 0 fully saturated rings. The summed E-state index contributed by atoms with van der Waals surface area (Å²) in [5.74, 6) is 0.389. The van der Waals surface area contributed by atoms with Gasteiger partial charge in [-0.05, 0) is 25.0 Å². The summed E-state index contributed by atoms with van der Waals surface area (Å²) in [6.45, 7) is 4.11. The molecule has 0 spiro atoms. The van der Waals surface area contributed by atoms with Crippen LogP contribution in [0.1, 0.15) is 26.7 Å². The lowest BCUT2D eigenvalue weighted by Gasteiger charge is -2.27. The fraction of sp³-hybridized carbons (Fsp3) is 0.562. The number of aliphatic hydroxyl groups excluding tert-OH is 2. The normalized spacial score (nSPS) is 12.8. The molecule has 0 aliphatic heterocycles. The molecular weight excluding hydrogens is 270 g/mol. The summed E-state index contributed by atoms with van der Waals surface area (Å²) in [5.41, 5.74) is -0.833. The maximum absolute atomic E-state index is 11.7. The third kappa shape index (κ3) is 6.14. The fourth-order valence-electron chi connectivity index (χ4n) is 1.68. The standard InChI is InChI=1S/C16H25NO4/c1-16(2,12-18)14(19)15(20)17-10-6-7-11-21-13-8-4-3-5-9-13/h3-5,8-9,14,18-19H,6-7,10-12H2,1-2H3,(H,17,20)/t14-/m1/s1. The second-order valence-corrected chi connectivity index (χ2v) is 5.71. The first-order valence-corrected chi connectivity index (χ1v) is 7.22. The van der Waals surface area contributed by atoms with Crippen LogP contribution in [0.5, 0.6) is 5.75 Å². The van der Waals surface area contributed by atoms with Crippen molar-refractivity contribution < 1.29 is 19.7 Å². The largest absolute Gasteiger partial charge is 0.494 e. The van der Waals surface area contributed by atoms with Crippen LogP contribution in [0, 0.1) is 5.41 Å². The van der Waals surface area contributed by atoms with Crippen LogP contribution in [0.3, 0.4) is 0 Å². The van der Waals surface area contributed by atoms with E-state index in [-0.39, 0.29) is 6.61 Å². The number of hydrogen-bond donors (Lipinski definition) is 3. The molecule has 1 rings (SSSR count). The van der Waals surface area contributed by atoms with E-state index < -0.39 is 17.4 Å². The van der Waals surface area contributed by atoms with Crippen LogP contribution in [0.4, 0.5) is 0 Å². The number of carbonyl (C=O) groups excluding carboxylic acids is 1. The summed E-state index contributed by atoms with van der Waals surface area (Å²) in [5, 5.41) is 21.6. The van der Waals surface area contributed by atoms with Gasteiger partial charge in [0.2, 0.25) is 5.91 Å². The van der Waals surface area contributed by atoms with E-state index in [2.05, 4.69) is 5.32 Å². The van der Waals surface area contributed by atoms with E-state index in [1.54, 1.807) is 13.8 Å². The lowest BCUT2D eigenvalue weighted by Crippen LogP contribution is -2.45. The maximum Gasteiger partial charge on any atom is 0.249 e. The number of hydrogen-bond acceptors (Lipinski definition) is 4. The van der Waals surface area contributed by atoms with E-state index >= 15 is 0 Å². The molecule has 0 aliphatic rings. The van der Waals surface area contributed by atoms with Gasteiger partial charge in [-0.15, -0.1) is 0 Å². The summed E-state index contributed by atoms with van der Waals surface area (Å²) in [4.78, 5) is 11.7. The van der Waals surface area contributed by atoms with E-state index in [4.69, 9.17) is 9.84 Å². The molecule has 0 radical (unpaired) electrons. The van der Waals surface area contributed by atoms with Crippen molar-refractivity contribution >= 4 is 5.91 Å². The molecule has 0 unspecified atom stereocenters. The maximum atomic E-state index is 11.7. The quantitative estimate of drug-likeness (QED) is 0.601. The molecule has 1 atom stereocenters. The predicted molar refractivity (Wildman–Crippen MR) is 81.1 cm³/mol. The van der Waals surface area contributed by atoms with Crippen LogP contribution in [0.15, 0.2) is 30.3 Å². The minimum Gasteiger partial charge on any atom is -0.494 e. The zero-order valence-electron chi connectivity index (χ0n) is 12.7. The van der Waals surface area contributed by atoms with Crippen molar-refractivity contribution in [2.75, 3.05) is 19.8 Å². The van der Waals surface area contributed by atoms with Gasteiger partial charge in [0.15, 0.2) is 0 Å². The molecule has 0 aromatic heterocycles. The van der Waals surface area contributed by atoms with Crippen molar-refractivity contribution in [3.63, 3.8) is 0 Å². The van der Waals surface area contributed by atoms with Crippen LogP contribution < -0.4 is 10.1 Å². The van der Waals surface area contributed by atoms with Crippen LogP contribution >= 0.6 is 0 Å². The van der Waals surface area contributed by atoms with Gasteiger partial charge in [0.05, 0.1) is 13.2 Å². The van der Waals surface area contributed by atoms with Crippen LogP contribution in [-0.4, -0.2) is 42.0 Å². The molecule has 5 heteroatoms. The first kappa shape index (κ1) is 17.5.